The first kappa shape index (κ1) is 14.3. The van der Waals surface area contributed by atoms with Gasteiger partial charge in [0.15, 0.2) is 9.84 Å². The van der Waals surface area contributed by atoms with Crippen molar-refractivity contribution >= 4 is 9.84 Å². The molecule has 0 bridgehead atoms. The fourth-order valence-electron chi connectivity index (χ4n) is 2.75. The predicted octanol–water partition coefficient (Wildman–Crippen LogP) is 1.41. The van der Waals surface area contributed by atoms with Crippen LogP contribution in [0.5, 0.6) is 0 Å². The molecule has 1 fully saturated rings. The van der Waals surface area contributed by atoms with Crippen LogP contribution >= 0.6 is 0 Å². The molecule has 1 aliphatic heterocycles. The van der Waals surface area contributed by atoms with Crippen molar-refractivity contribution in [3.05, 3.63) is 48.0 Å². The summed E-state index contributed by atoms with van der Waals surface area (Å²) in [4.78, 5) is 4.62. The minimum atomic E-state index is -3.13. The lowest BCUT2D eigenvalue weighted by Crippen LogP contribution is -2.12. The Morgan fingerprint density at radius 2 is 2.10 bits per heavy atom. The molecule has 1 atom stereocenters. The summed E-state index contributed by atoms with van der Waals surface area (Å²) in [5.41, 5.74) is 2.32. The van der Waals surface area contributed by atoms with Gasteiger partial charge >= 0.3 is 0 Å². The molecular formula is C15H19N3O2S. The largest absolute Gasteiger partial charge is 0.330 e. The highest BCUT2D eigenvalue weighted by atomic mass is 32.2. The monoisotopic (exact) mass is 305 g/mol. The first-order chi connectivity index (χ1) is 10.0. The van der Waals surface area contributed by atoms with Gasteiger partial charge in [0.05, 0.1) is 11.2 Å². The Labute approximate surface area is 124 Å². The highest BCUT2D eigenvalue weighted by Gasteiger charge is 2.20. The smallest absolute Gasteiger partial charge is 0.175 e. The SMILES string of the molecule is CS(=O)(=O)c1ccc(Cn2cncc2C2CCNC2)cc1. The van der Waals surface area contributed by atoms with Gasteiger partial charge in [0.1, 0.15) is 0 Å². The second-order valence-corrected chi connectivity index (χ2v) is 7.57. The standard InChI is InChI=1S/C15H19N3O2S/c1-21(19,20)14-4-2-12(3-5-14)10-18-11-17-9-15(18)13-6-7-16-8-13/h2-5,9,11,13,16H,6-8,10H2,1H3. The summed E-state index contributed by atoms with van der Waals surface area (Å²) >= 11 is 0. The topological polar surface area (TPSA) is 64.0 Å². The number of aromatic nitrogens is 2. The number of sulfone groups is 1. The zero-order chi connectivity index (χ0) is 14.9. The second-order valence-electron chi connectivity index (χ2n) is 5.55. The lowest BCUT2D eigenvalue weighted by atomic mass is 10.1. The maximum atomic E-state index is 11.5. The van der Waals surface area contributed by atoms with Crippen LogP contribution < -0.4 is 5.32 Å². The Bertz CT molecular complexity index is 714. The lowest BCUT2D eigenvalue weighted by molar-refractivity contribution is 0.601. The summed E-state index contributed by atoms with van der Waals surface area (Å²) in [6, 6.07) is 7.07. The van der Waals surface area contributed by atoms with E-state index in [-0.39, 0.29) is 0 Å². The van der Waals surface area contributed by atoms with Gasteiger partial charge in [0.25, 0.3) is 0 Å². The first-order valence-corrected chi connectivity index (χ1v) is 8.93. The van der Waals surface area contributed by atoms with Gasteiger partial charge in [-0.1, -0.05) is 12.1 Å². The van der Waals surface area contributed by atoms with Crippen molar-refractivity contribution in [2.24, 2.45) is 0 Å². The predicted molar refractivity (Wildman–Crippen MR) is 81.1 cm³/mol. The van der Waals surface area contributed by atoms with Gasteiger partial charge in [-0.25, -0.2) is 13.4 Å². The van der Waals surface area contributed by atoms with Crippen LogP contribution in [0.25, 0.3) is 0 Å². The molecule has 1 aliphatic rings. The zero-order valence-electron chi connectivity index (χ0n) is 12.0. The van der Waals surface area contributed by atoms with Crippen LogP contribution in [0.15, 0.2) is 41.7 Å². The lowest BCUT2D eigenvalue weighted by Gasteiger charge is -2.13. The highest BCUT2D eigenvalue weighted by molar-refractivity contribution is 7.90. The molecule has 5 nitrogen and oxygen atoms in total. The molecule has 1 saturated heterocycles. The van der Waals surface area contributed by atoms with E-state index in [0.29, 0.717) is 10.8 Å². The molecule has 1 unspecified atom stereocenters. The van der Waals surface area contributed by atoms with Gasteiger partial charge in [0.2, 0.25) is 0 Å². The Morgan fingerprint density at radius 3 is 2.71 bits per heavy atom. The number of rotatable bonds is 4. The Kier molecular flexibility index (Phi) is 3.82. The van der Waals surface area contributed by atoms with Crippen LogP contribution in [0.1, 0.15) is 23.6 Å². The maximum absolute atomic E-state index is 11.5. The number of benzene rings is 1. The number of hydrogen-bond donors (Lipinski definition) is 1. The number of nitrogens with one attached hydrogen (secondary N) is 1. The Balaban J connectivity index is 1.79. The number of imidazole rings is 1. The Morgan fingerprint density at radius 1 is 1.33 bits per heavy atom. The summed E-state index contributed by atoms with van der Waals surface area (Å²) in [6.07, 6.45) is 6.14. The molecule has 1 aromatic heterocycles. The molecule has 0 radical (unpaired) electrons. The van der Waals surface area contributed by atoms with Crippen LogP contribution in [-0.2, 0) is 16.4 Å². The quantitative estimate of drug-likeness (QED) is 0.927. The molecule has 112 valence electrons. The Hall–Kier alpha value is -1.66. The summed E-state index contributed by atoms with van der Waals surface area (Å²) in [6.45, 7) is 2.77. The van der Waals surface area contributed by atoms with E-state index in [1.165, 1.54) is 11.9 Å². The highest BCUT2D eigenvalue weighted by Crippen LogP contribution is 2.22. The van der Waals surface area contributed by atoms with Crippen molar-refractivity contribution in [1.29, 1.82) is 0 Å². The molecule has 0 aliphatic carbocycles. The molecule has 3 rings (SSSR count). The third-order valence-electron chi connectivity index (χ3n) is 3.93. The van der Waals surface area contributed by atoms with E-state index < -0.39 is 9.84 Å². The van der Waals surface area contributed by atoms with E-state index in [1.54, 1.807) is 12.1 Å². The van der Waals surface area contributed by atoms with E-state index in [4.69, 9.17) is 0 Å². The fourth-order valence-corrected chi connectivity index (χ4v) is 3.38. The number of nitrogens with zero attached hydrogens (tertiary/aromatic N) is 2. The van der Waals surface area contributed by atoms with Crippen molar-refractivity contribution < 1.29 is 8.42 Å². The average molecular weight is 305 g/mol. The molecule has 0 saturated carbocycles. The fraction of sp³-hybridized carbons (Fsp3) is 0.400. The summed E-state index contributed by atoms with van der Waals surface area (Å²) < 4.78 is 25.1. The van der Waals surface area contributed by atoms with E-state index in [2.05, 4.69) is 14.9 Å². The van der Waals surface area contributed by atoms with E-state index in [0.717, 1.165) is 31.6 Å². The van der Waals surface area contributed by atoms with Crippen molar-refractivity contribution in [3.63, 3.8) is 0 Å². The minimum absolute atomic E-state index is 0.358. The summed E-state index contributed by atoms with van der Waals surface area (Å²) in [5, 5.41) is 3.37. The van der Waals surface area contributed by atoms with E-state index >= 15 is 0 Å². The maximum Gasteiger partial charge on any atom is 0.175 e. The van der Waals surface area contributed by atoms with Gasteiger partial charge in [-0.3, -0.25) is 0 Å². The zero-order valence-corrected chi connectivity index (χ0v) is 12.8. The van der Waals surface area contributed by atoms with Crippen molar-refractivity contribution in [2.45, 2.75) is 23.8 Å². The minimum Gasteiger partial charge on any atom is -0.330 e. The molecule has 2 heterocycles. The van der Waals surface area contributed by atoms with Gasteiger partial charge in [-0.15, -0.1) is 0 Å². The van der Waals surface area contributed by atoms with Gasteiger partial charge in [-0.05, 0) is 30.7 Å². The second kappa shape index (κ2) is 5.61. The molecule has 2 aromatic rings. The molecule has 0 spiro atoms. The molecule has 21 heavy (non-hydrogen) atoms. The third-order valence-corrected chi connectivity index (χ3v) is 5.06. The van der Waals surface area contributed by atoms with Gasteiger partial charge in [0, 0.05) is 37.2 Å². The van der Waals surface area contributed by atoms with Crippen LogP contribution in [-0.4, -0.2) is 37.3 Å². The van der Waals surface area contributed by atoms with Gasteiger partial charge in [-0.2, -0.15) is 0 Å². The molecule has 0 amide bonds. The third kappa shape index (κ3) is 3.16. The van der Waals surface area contributed by atoms with Crippen molar-refractivity contribution in [2.75, 3.05) is 19.3 Å². The van der Waals surface area contributed by atoms with Crippen molar-refractivity contribution in [3.8, 4) is 0 Å². The molecule has 1 aromatic carbocycles. The van der Waals surface area contributed by atoms with Crippen molar-refractivity contribution in [1.82, 2.24) is 14.9 Å². The molecule has 6 heteroatoms. The van der Waals surface area contributed by atoms with Crippen LogP contribution in [0, 0.1) is 0 Å². The van der Waals surface area contributed by atoms with Gasteiger partial charge < -0.3 is 9.88 Å². The molecular weight excluding hydrogens is 286 g/mol. The summed E-state index contributed by atoms with van der Waals surface area (Å²) in [7, 11) is -3.13. The van der Waals surface area contributed by atoms with E-state index in [1.807, 2.05) is 24.7 Å². The number of hydrogen-bond acceptors (Lipinski definition) is 4. The summed E-state index contributed by atoms with van der Waals surface area (Å²) in [5.74, 6) is 0.516. The normalized spacial score (nSPS) is 19.0. The first-order valence-electron chi connectivity index (χ1n) is 7.04. The van der Waals surface area contributed by atoms with Crippen LogP contribution in [0.4, 0.5) is 0 Å². The van der Waals surface area contributed by atoms with Crippen LogP contribution in [0.2, 0.25) is 0 Å². The van der Waals surface area contributed by atoms with E-state index in [9.17, 15) is 8.42 Å². The molecule has 1 N–H and O–H groups in total. The average Bonchev–Trinajstić information content (AvgIpc) is 3.08. The van der Waals surface area contributed by atoms with Crippen LogP contribution in [0.3, 0.4) is 0 Å².